The van der Waals surface area contributed by atoms with Crippen molar-refractivity contribution in [3.05, 3.63) is 46.0 Å². The zero-order chi connectivity index (χ0) is 57.3. The molecule has 6 aromatic heterocycles. The minimum absolute atomic E-state index is 0.000399. The van der Waals surface area contributed by atoms with Crippen LogP contribution in [0.25, 0.3) is 33.5 Å². The number of methoxy groups -OCH3 is 1. The number of aliphatic hydroxyl groups is 3. The summed E-state index contributed by atoms with van der Waals surface area (Å²) in [5, 5.41) is 33.2. The Balaban J connectivity index is 0.874. The summed E-state index contributed by atoms with van der Waals surface area (Å²) in [5.74, 6) is -1.73. The van der Waals surface area contributed by atoms with Crippen LogP contribution in [0.2, 0.25) is 0 Å². The summed E-state index contributed by atoms with van der Waals surface area (Å²) in [5.41, 5.74) is 15.7. The second-order valence-electron chi connectivity index (χ2n) is 18.0. The normalized spacial score (nSPS) is 29.6. The van der Waals surface area contributed by atoms with Crippen LogP contribution in [0.1, 0.15) is 32.5 Å². The Bertz CT molecular complexity index is 3560. The molecule has 0 spiro atoms. The fraction of sp³-hybridized carbons (Fsp3) is 0.583. The Hall–Kier alpha value is -5.15. The number of hydrogen-bond acceptors (Lipinski definition) is 30. The zero-order valence-electron chi connectivity index (χ0n) is 41.2. The van der Waals surface area contributed by atoms with Crippen LogP contribution in [0, 0.1) is 5.92 Å². The molecule has 3 saturated heterocycles. The van der Waals surface area contributed by atoms with Gasteiger partial charge in [-0.25, -0.2) is 38.2 Å². The van der Waals surface area contributed by atoms with Crippen molar-refractivity contribution in [2.45, 2.75) is 87.5 Å². The molecular formula is C36H51N15O24P4. The number of phosphoric acid groups is 4. The maximum absolute atomic E-state index is 13.6. The number of imidazole rings is 3. The lowest BCUT2D eigenvalue weighted by Gasteiger charge is -2.31. The number of aromatic amines is 2. The number of nitrogen functional groups attached to an aromatic ring is 3. The summed E-state index contributed by atoms with van der Waals surface area (Å²) in [7, 11) is -21.1. The van der Waals surface area contributed by atoms with E-state index in [0.717, 1.165) is 30.7 Å². The molecule has 39 nitrogen and oxygen atoms in total. The minimum Gasteiger partial charge on any atom is -0.756 e. The number of nitrogens with two attached hydrogens (primary N) is 3. The van der Waals surface area contributed by atoms with Gasteiger partial charge in [-0.1, -0.05) is 0 Å². The molecular weight excluding hydrogens is 1150 g/mol. The predicted molar refractivity (Wildman–Crippen MR) is 255 cm³/mol. The number of ether oxygens (including phenoxy) is 5. The number of aromatic nitrogens is 12. The highest BCUT2D eigenvalue weighted by molar-refractivity contribution is 7.66. The highest BCUT2D eigenvalue weighted by Gasteiger charge is 2.53. The van der Waals surface area contributed by atoms with Crippen LogP contribution in [-0.2, 0) is 75.7 Å². The number of rotatable bonds is 22. The molecule has 4 unspecified atom stereocenters. The third-order valence-electron chi connectivity index (χ3n) is 12.4. The van der Waals surface area contributed by atoms with E-state index in [1.54, 1.807) is 13.8 Å². The first kappa shape index (κ1) is 58.5. The smallest absolute Gasteiger partial charge is 0.490 e. The van der Waals surface area contributed by atoms with Crippen molar-refractivity contribution in [2.75, 3.05) is 50.7 Å². The fourth-order valence-corrected chi connectivity index (χ4v) is 13.3. The van der Waals surface area contributed by atoms with E-state index in [1.807, 2.05) is 0 Å². The molecule has 3 aliphatic heterocycles. The Kier molecular flexibility index (Phi) is 16.5. The number of hydrogen-bond donors (Lipinski definition) is 11. The van der Waals surface area contributed by atoms with Crippen molar-refractivity contribution in [1.82, 2.24) is 53.6 Å². The molecule has 43 heteroatoms. The summed E-state index contributed by atoms with van der Waals surface area (Å²) in [6, 6.07) is 0. The Morgan fingerprint density at radius 1 is 0.696 bits per heavy atom. The monoisotopic (exact) mass is 1200 g/mol. The lowest BCUT2D eigenvalue weighted by Crippen LogP contribution is -2.39. The van der Waals surface area contributed by atoms with Crippen LogP contribution in [-0.4, -0.2) is 172 Å². The molecule has 16 atom stereocenters. The predicted octanol–water partition coefficient (Wildman–Crippen LogP) is -3.66. The molecule has 0 aromatic carbocycles. The van der Waals surface area contributed by atoms with Crippen molar-refractivity contribution in [3.63, 3.8) is 0 Å². The molecule has 6 aromatic rings. The van der Waals surface area contributed by atoms with Gasteiger partial charge in [0.25, 0.3) is 24.5 Å². The number of nitrogens with zero attached hydrogens (tertiary/aromatic N) is 10. The molecule has 0 aliphatic carbocycles. The maximum atomic E-state index is 13.6. The number of H-pyrrole nitrogens is 2. The number of aliphatic hydroxyl groups excluding tert-OH is 3. The maximum Gasteiger partial charge on any atom is 0.490 e. The first-order valence-corrected chi connectivity index (χ1v) is 28.9. The third-order valence-corrected chi connectivity index (χ3v) is 17.6. The van der Waals surface area contributed by atoms with Gasteiger partial charge in [0.1, 0.15) is 54.6 Å². The van der Waals surface area contributed by atoms with Crippen molar-refractivity contribution in [3.8, 4) is 0 Å². The Morgan fingerprint density at radius 3 is 1.92 bits per heavy atom. The second-order valence-corrected chi connectivity index (χ2v) is 24.0. The quantitative estimate of drug-likeness (QED) is 0.0230. The lowest BCUT2D eigenvalue weighted by molar-refractivity contribution is -0.646. The van der Waals surface area contributed by atoms with Crippen LogP contribution in [0.15, 0.2) is 34.9 Å². The van der Waals surface area contributed by atoms with Gasteiger partial charge < -0.3 is 84.8 Å². The third kappa shape index (κ3) is 12.2. The van der Waals surface area contributed by atoms with Crippen molar-refractivity contribution < 1.29 is 108 Å². The van der Waals surface area contributed by atoms with E-state index in [4.69, 9.17) is 59.0 Å². The van der Waals surface area contributed by atoms with Crippen LogP contribution in [0.5, 0.6) is 0 Å². The summed E-state index contributed by atoms with van der Waals surface area (Å²) in [6.07, 6.45) is -13.6. The van der Waals surface area contributed by atoms with E-state index >= 15 is 0 Å². The van der Waals surface area contributed by atoms with Gasteiger partial charge in [0, 0.05) is 13.0 Å². The first-order chi connectivity index (χ1) is 37.1. The van der Waals surface area contributed by atoms with Crippen LogP contribution < -0.4 is 37.8 Å². The van der Waals surface area contributed by atoms with Crippen LogP contribution in [0.3, 0.4) is 0 Å². The van der Waals surface area contributed by atoms with E-state index in [2.05, 4.69) is 48.5 Å². The van der Waals surface area contributed by atoms with Crippen molar-refractivity contribution in [2.24, 2.45) is 13.0 Å². The zero-order valence-corrected chi connectivity index (χ0v) is 44.7. The molecule has 9 rings (SSSR count). The molecule has 14 N–H and O–H groups in total. The average molecular weight is 1200 g/mol. The Labute approximate surface area is 440 Å². The van der Waals surface area contributed by atoms with Crippen molar-refractivity contribution >= 4 is 82.5 Å². The summed E-state index contributed by atoms with van der Waals surface area (Å²) < 4.78 is 116. The minimum atomic E-state index is -6.20. The van der Waals surface area contributed by atoms with Gasteiger partial charge in [0.15, 0.2) is 35.1 Å². The highest BCUT2D eigenvalue weighted by atomic mass is 31.3. The van der Waals surface area contributed by atoms with Gasteiger partial charge in [0.2, 0.25) is 24.5 Å². The molecule has 9 heterocycles. The molecule has 0 amide bonds. The molecule has 3 fully saturated rings. The standard InChI is InChI=1S/C36H51N15O24P4/c1-13(2)66-5-14-15(70-32(21(14)52)51-12-48(3)20-29(51)45-36(39)47-31(20)56)6-68-77(59,60)74-79(63,64)75-78(61,62)69-8-17-24(25(65-4)34(72-17)49-10-42-18-26(37)40-9-41-27(18)49)73-76(57,58)67-7-16-22(53)23(54)33(71-16)50-11-43-19-28(50)44-35(38)46-30(19)55/h9-17,21-25,32-34,52-54H,5-8H2,1-4H3,(H11-,37,38,39,40,41,44,45,46,47,55,56,57,58,59,60,61,62,63,64)/t14-,15-,16-,17-,21-,22-,23-,24-,25-,32-,33-,34-/m1/s1. The van der Waals surface area contributed by atoms with E-state index in [9.17, 15) is 62.7 Å². The molecule has 0 saturated carbocycles. The van der Waals surface area contributed by atoms with Gasteiger partial charge >= 0.3 is 29.0 Å². The van der Waals surface area contributed by atoms with Gasteiger partial charge in [-0.3, -0.25) is 42.3 Å². The largest absolute Gasteiger partial charge is 0.756 e. The topological polar surface area (TPSA) is 554 Å². The van der Waals surface area contributed by atoms with Crippen molar-refractivity contribution in [1.29, 1.82) is 0 Å². The number of phosphoric ester groups is 3. The first-order valence-electron chi connectivity index (χ1n) is 23.0. The second kappa shape index (κ2) is 22.3. The number of nitrogens with one attached hydrogen (secondary N) is 2. The van der Waals surface area contributed by atoms with Gasteiger partial charge in [0.05, 0.1) is 58.3 Å². The van der Waals surface area contributed by atoms with Crippen LogP contribution >= 0.6 is 31.3 Å². The van der Waals surface area contributed by atoms with E-state index < -0.39 is 142 Å². The van der Waals surface area contributed by atoms with Gasteiger partial charge in [-0.15, -0.1) is 0 Å². The SMILES string of the molecule is CO[C@@H]1[C@H](OP(=O)([O-])OC[C@H]2O[C@@H](n3cnc4c(=O)[nH]c(N)nc43)[C@H](O)[C@@H]2O)[C@@H](COP(=O)(O)OP(=O)(O)OP(=O)(O)OC[C@H]2O[C@@H](n3c[n+](C)c4c(=O)[nH]c(N)nc43)[C@H](O)[C@@H]2COC(C)C)O[C@H]1n1cnc2c(N)ncnc21. The van der Waals surface area contributed by atoms with Crippen LogP contribution in [0.4, 0.5) is 17.7 Å². The number of anilines is 3. The van der Waals surface area contributed by atoms with E-state index in [1.165, 1.54) is 27.1 Å². The summed E-state index contributed by atoms with van der Waals surface area (Å²) in [4.78, 5) is 99.2. The fourth-order valence-electron chi connectivity index (χ4n) is 8.88. The molecule has 434 valence electrons. The van der Waals surface area contributed by atoms with E-state index in [0.29, 0.717) is 0 Å². The number of fused-ring (bicyclic) bond motifs is 3. The summed E-state index contributed by atoms with van der Waals surface area (Å²) in [6.45, 7) is -0.175. The summed E-state index contributed by atoms with van der Waals surface area (Å²) >= 11 is 0. The molecule has 0 radical (unpaired) electrons. The van der Waals surface area contributed by atoms with Gasteiger partial charge in [-0.2, -0.15) is 23.2 Å². The molecule has 3 aliphatic rings. The average Bonchev–Trinajstić information content (AvgIpc) is 4.35. The highest BCUT2D eigenvalue weighted by Crippen LogP contribution is 2.68. The molecule has 0 bridgehead atoms. The Morgan fingerprint density at radius 2 is 1.27 bits per heavy atom. The molecule has 79 heavy (non-hydrogen) atoms. The van der Waals surface area contributed by atoms with E-state index in [-0.39, 0.29) is 57.8 Å². The van der Waals surface area contributed by atoms with Gasteiger partial charge in [-0.05, 0) is 13.8 Å². The number of aryl methyl sites for hydroxylation is 1. The lowest BCUT2D eigenvalue weighted by atomic mass is 9.99.